The Morgan fingerprint density at radius 1 is 1.37 bits per heavy atom. The van der Waals surface area contributed by atoms with Crippen LogP contribution in [0.1, 0.15) is 12.8 Å². The lowest BCUT2D eigenvalue weighted by Crippen LogP contribution is -2.26. The quantitative estimate of drug-likeness (QED) is 0.720. The second kappa shape index (κ2) is 4.82. The van der Waals surface area contributed by atoms with Crippen molar-refractivity contribution in [2.24, 2.45) is 5.41 Å². The Hall–Kier alpha value is -1.60. The highest BCUT2D eigenvalue weighted by molar-refractivity contribution is 7.89. The van der Waals surface area contributed by atoms with Crippen molar-refractivity contribution in [1.29, 1.82) is 0 Å². The van der Waals surface area contributed by atoms with Crippen LogP contribution >= 0.6 is 0 Å². The number of para-hydroxylation sites is 1. The second-order valence-electron chi connectivity index (χ2n) is 4.64. The van der Waals surface area contributed by atoms with E-state index in [1.807, 2.05) is 0 Å². The van der Waals surface area contributed by atoms with E-state index in [2.05, 4.69) is 10.0 Å². The average molecular weight is 284 g/mol. The van der Waals surface area contributed by atoms with Crippen molar-refractivity contribution in [3.8, 4) is 0 Å². The summed E-state index contributed by atoms with van der Waals surface area (Å²) in [7, 11) is -2.22. The summed E-state index contributed by atoms with van der Waals surface area (Å²) < 4.78 is 25.9. The molecule has 0 amide bonds. The highest BCUT2D eigenvalue weighted by atomic mass is 32.2. The Morgan fingerprint density at radius 2 is 2.00 bits per heavy atom. The smallest absolute Gasteiger partial charge is 0.311 e. The normalized spacial score (nSPS) is 16.9. The number of nitrogens with one attached hydrogen (secondary N) is 2. The van der Waals surface area contributed by atoms with Gasteiger partial charge in [0.05, 0.1) is 11.1 Å². The molecular weight excluding hydrogens is 268 g/mol. The van der Waals surface area contributed by atoms with Gasteiger partial charge in [-0.2, -0.15) is 0 Å². The van der Waals surface area contributed by atoms with Crippen LogP contribution in [-0.4, -0.2) is 33.1 Å². The third-order valence-electron chi connectivity index (χ3n) is 3.37. The zero-order valence-electron chi connectivity index (χ0n) is 10.5. The van der Waals surface area contributed by atoms with Crippen molar-refractivity contribution in [2.75, 3.05) is 18.9 Å². The Balaban J connectivity index is 2.20. The number of hydrogen-bond donors (Lipinski definition) is 3. The summed E-state index contributed by atoms with van der Waals surface area (Å²) in [4.78, 5) is 11.2. The second-order valence-corrected chi connectivity index (χ2v) is 6.50. The molecule has 0 aromatic heterocycles. The van der Waals surface area contributed by atoms with Gasteiger partial charge in [0.25, 0.3) is 0 Å². The van der Waals surface area contributed by atoms with Gasteiger partial charge in [-0.3, -0.25) is 4.79 Å². The van der Waals surface area contributed by atoms with Crippen LogP contribution in [-0.2, 0) is 14.8 Å². The van der Waals surface area contributed by atoms with Gasteiger partial charge in [0.1, 0.15) is 4.90 Å². The zero-order chi connectivity index (χ0) is 14.1. The minimum atomic E-state index is -3.56. The lowest BCUT2D eigenvalue weighted by atomic mass is 10.1. The number of sulfonamides is 1. The number of carboxylic acids is 1. The molecule has 0 spiro atoms. The standard InChI is InChI=1S/C12H16N2O4S/c1-13-19(17,18)10-5-3-2-4-9(10)14-8-12(6-7-12)11(15)16/h2-5,13-14H,6-8H2,1H3,(H,15,16). The molecule has 0 atom stereocenters. The molecule has 1 aliphatic carbocycles. The molecule has 7 heteroatoms. The highest BCUT2D eigenvalue weighted by Gasteiger charge is 2.50. The third kappa shape index (κ3) is 2.71. The topological polar surface area (TPSA) is 95.5 Å². The molecule has 0 radical (unpaired) electrons. The van der Waals surface area contributed by atoms with E-state index in [1.165, 1.54) is 13.1 Å². The molecule has 0 unspecified atom stereocenters. The van der Waals surface area contributed by atoms with Crippen molar-refractivity contribution in [3.05, 3.63) is 24.3 Å². The molecule has 2 rings (SSSR count). The molecule has 1 aromatic rings. The summed E-state index contributed by atoms with van der Waals surface area (Å²) in [5, 5.41) is 12.0. The van der Waals surface area contributed by atoms with E-state index < -0.39 is 21.4 Å². The van der Waals surface area contributed by atoms with Crippen molar-refractivity contribution >= 4 is 21.7 Å². The summed E-state index contributed by atoms with van der Waals surface area (Å²) >= 11 is 0. The molecule has 1 fully saturated rings. The summed E-state index contributed by atoms with van der Waals surface area (Å²) in [6.45, 7) is 0.235. The van der Waals surface area contributed by atoms with Crippen LogP contribution in [0.4, 0.5) is 5.69 Å². The van der Waals surface area contributed by atoms with Gasteiger partial charge >= 0.3 is 5.97 Å². The van der Waals surface area contributed by atoms with Gasteiger partial charge in [-0.25, -0.2) is 13.1 Å². The molecule has 104 valence electrons. The molecule has 0 aliphatic heterocycles. The average Bonchev–Trinajstić information content (AvgIpc) is 3.18. The molecular formula is C12H16N2O4S. The van der Waals surface area contributed by atoms with Crippen LogP contribution in [0.2, 0.25) is 0 Å². The minimum Gasteiger partial charge on any atom is -0.481 e. The van der Waals surface area contributed by atoms with E-state index >= 15 is 0 Å². The van der Waals surface area contributed by atoms with E-state index in [0.29, 0.717) is 18.5 Å². The first-order valence-electron chi connectivity index (χ1n) is 5.91. The van der Waals surface area contributed by atoms with E-state index in [9.17, 15) is 13.2 Å². The zero-order valence-corrected chi connectivity index (χ0v) is 11.3. The van der Waals surface area contributed by atoms with Crippen LogP contribution in [0, 0.1) is 5.41 Å². The van der Waals surface area contributed by atoms with Crippen LogP contribution in [0.15, 0.2) is 29.2 Å². The number of benzene rings is 1. The van der Waals surface area contributed by atoms with E-state index in [0.717, 1.165) is 0 Å². The van der Waals surface area contributed by atoms with E-state index in [1.54, 1.807) is 18.2 Å². The maximum atomic E-state index is 11.8. The maximum absolute atomic E-state index is 11.8. The summed E-state index contributed by atoms with van der Waals surface area (Å²) in [6, 6.07) is 6.44. The van der Waals surface area contributed by atoms with E-state index in [4.69, 9.17) is 5.11 Å². The predicted octanol–water partition coefficient (Wildman–Crippen LogP) is 0.871. The summed E-state index contributed by atoms with van der Waals surface area (Å²) in [5.41, 5.74) is -0.319. The van der Waals surface area contributed by atoms with Gasteiger partial charge in [-0.05, 0) is 32.0 Å². The SMILES string of the molecule is CNS(=O)(=O)c1ccccc1NCC1(C(=O)O)CC1. The van der Waals surface area contributed by atoms with Crippen LogP contribution in [0.25, 0.3) is 0 Å². The Labute approximate surface area is 111 Å². The largest absolute Gasteiger partial charge is 0.481 e. The fourth-order valence-corrected chi connectivity index (χ4v) is 2.75. The van der Waals surface area contributed by atoms with Gasteiger partial charge in [0, 0.05) is 6.54 Å². The highest BCUT2D eigenvalue weighted by Crippen LogP contribution is 2.46. The molecule has 6 nitrogen and oxygen atoms in total. The van der Waals surface area contributed by atoms with Gasteiger partial charge in [0.15, 0.2) is 0 Å². The molecule has 19 heavy (non-hydrogen) atoms. The molecule has 0 heterocycles. The molecule has 1 aromatic carbocycles. The maximum Gasteiger partial charge on any atom is 0.311 e. The van der Waals surface area contributed by atoms with Crippen LogP contribution in [0.3, 0.4) is 0 Å². The van der Waals surface area contributed by atoms with Gasteiger partial charge in [0.2, 0.25) is 10.0 Å². The monoisotopic (exact) mass is 284 g/mol. The summed E-state index contributed by atoms with van der Waals surface area (Å²) in [5.74, 6) is -0.839. The molecule has 0 bridgehead atoms. The minimum absolute atomic E-state index is 0.124. The molecule has 3 N–H and O–H groups in total. The number of anilines is 1. The van der Waals surface area contributed by atoms with Gasteiger partial charge in [-0.1, -0.05) is 12.1 Å². The van der Waals surface area contributed by atoms with Gasteiger partial charge in [-0.15, -0.1) is 0 Å². The van der Waals surface area contributed by atoms with Crippen molar-refractivity contribution in [2.45, 2.75) is 17.7 Å². The van der Waals surface area contributed by atoms with E-state index in [-0.39, 0.29) is 11.4 Å². The fraction of sp³-hybridized carbons (Fsp3) is 0.417. The van der Waals surface area contributed by atoms with Crippen molar-refractivity contribution < 1.29 is 18.3 Å². The summed E-state index contributed by atoms with van der Waals surface area (Å²) in [6.07, 6.45) is 1.24. The Kier molecular flexibility index (Phi) is 3.51. The Bertz CT molecular complexity index is 594. The first-order valence-corrected chi connectivity index (χ1v) is 7.39. The fourth-order valence-electron chi connectivity index (χ4n) is 1.84. The van der Waals surface area contributed by atoms with Crippen LogP contribution in [0.5, 0.6) is 0 Å². The number of carbonyl (C=O) groups is 1. The number of hydrogen-bond acceptors (Lipinski definition) is 4. The number of rotatable bonds is 6. The lowest BCUT2D eigenvalue weighted by molar-refractivity contribution is -0.142. The lowest BCUT2D eigenvalue weighted by Gasteiger charge is -2.15. The molecule has 1 aliphatic rings. The van der Waals surface area contributed by atoms with Gasteiger partial charge < -0.3 is 10.4 Å². The predicted molar refractivity (Wildman–Crippen MR) is 70.5 cm³/mol. The number of aliphatic carboxylic acids is 1. The first kappa shape index (κ1) is 13.8. The van der Waals surface area contributed by atoms with Crippen molar-refractivity contribution in [3.63, 3.8) is 0 Å². The molecule has 1 saturated carbocycles. The Morgan fingerprint density at radius 3 is 2.53 bits per heavy atom. The van der Waals surface area contributed by atoms with Crippen molar-refractivity contribution in [1.82, 2.24) is 4.72 Å². The number of carboxylic acid groups (broad SMARTS) is 1. The third-order valence-corrected chi connectivity index (χ3v) is 4.84. The first-order chi connectivity index (χ1) is 8.91. The molecule has 0 saturated heterocycles. The van der Waals surface area contributed by atoms with Crippen LogP contribution < -0.4 is 10.0 Å².